The van der Waals surface area contributed by atoms with Crippen LogP contribution in [0.2, 0.25) is 0 Å². The molecular weight excluding hydrogens is 232 g/mol. The van der Waals surface area contributed by atoms with E-state index in [0.717, 1.165) is 5.92 Å². The molecular formula is C17H26N2. The standard InChI is InChI=1S/C17H26N2/c1-13-4-5-16(14(2)10-13)19(3)12-15-11-17(15)6-8-18-9-7-17/h4-5,10,15,18H,6-9,11-12H2,1-3H3. The molecule has 19 heavy (non-hydrogen) atoms. The first-order valence-corrected chi connectivity index (χ1v) is 7.60. The quantitative estimate of drug-likeness (QED) is 0.896. The second-order valence-corrected chi connectivity index (χ2v) is 6.68. The molecule has 1 heterocycles. The van der Waals surface area contributed by atoms with Crippen molar-refractivity contribution in [3.8, 4) is 0 Å². The van der Waals surface area contributed by atoms with Crippen LogP contribution in [0.3, 0.4) is 0 Å². The van der Waals surface area contributed by atoms with Crippen LogP contribution in [0.15, 0.2) is 18.2 Å². The molecule has 1 saturated heterocycles. The number of aryl methyl sites for hydroxylation is 2. The van der Waals surface area contributed by atoms with Gasteiger partial charge in [0.25, 0.3) is 0 Å². The molecule has 2 fully saturated rings. The molecule has 1 atom stereocenters. The van der Waals surface area contributed by atoms with Gasteiger partial charge in [0.2, 0.25) is 0 Å². The van der Waals surface area contributed by atoms with E-state index in [0.29, 0.717) is 5.41 Å². The normalized spacial score (nSPS) is 24.5. The fourth-order valence-electron chi connectivity index (χ4n) is 3.89. The second kappa shape index (κ2) is 4.82. The highest BCUT2D eigenvalue weighted by Crippen LogP contribution is 2.58. The minimum absolute atomic E-state index is 0.693. The first kappa shape index (κ1) is 13.0. The Kier molecular flexibility index (Phi) is 3.30. The summed E-state index contributed by atoms with van der Waals surface area (Å²) in [6.07, 6.45) is 4.22. The summed E-state index contributed by atoms with van der Waals surface area (Å²) < 4.78 is 0. The summed E-state index contributed by atoms with van der Waals surface area (Å²) in [6.45, 7) is 8.07. The number of nitrogens with one attached hydrogen (secondary N) is 1. The Morgan fingerprint density at radius 3 is 2.68 bits per heavy atom. The number of nitrogens with zero attached hydrogens (tertiary/aromatic N) is 1. The van der Waals surface area contributed by atoms with Crippen LogP contribution in [0.5, 0.6) is 0 Å². The van der Waals surface area contributed by atoms with Gasteiger partial charge >= 0.3 is 0 Å². The molecule has 1 aliphatic carbocycles. The van der Waals surface area contributed by atoms with E-state index in [2.05, 4.69) is 49.3 Å². The summed E-state index contributed by atoms with van der Waals surface area (Å²) in [5, 5.41) is 3.49. The van der Waals surface area contributed by atoms with Crippen molar-refractivity contribution in [2.24, 2.45) is 11.3 Å². The van der Waals surface area contributed by atoms with E-state index in [1.807, 2.05) is 0 Å². The van der Waals surface area contributed by atoms with Crippen LogP contribution in [-0.2, 0) is 0 Å². The maximum Gasteiger partial charge on any atom is 0.0393 e. The molecule has 1 saturated carbocycles. The van der Waals surface area contributed by atoms with Crippen molar-refractivity contribution in [1.29, 1.82) is 0 Å². The number of hydrogen-bond donors (Lipinski definition) is 1. The van der Waals surface area contributed by atoms with Gasteiger partial charge in [-0.2, -0.15) is 0 Å². The van der Waals surface area contributed by atoms with Gasteiger partial charge < -0.3 is 10.2 Å². The van der Waals surface area contributed by atoms with E-state index in [1.54, 1.807) is 0 Å². The van der Waals surface area contributed by atoms with E-state index in [1.165, 1.54) is 55.7 Å². The molecule has 1 N–H and O–H groups in total. The Bertz CT molecular complexity index is 460. The third-order valence-corrected chi connectivity index (χ3v) is 5.22. The van der Waals surface area contributed by atoms with Crippen LogP contribution in [0.25, 0.3) is 0 Å². The van der Waals surface area contributed by atoms with Crippen molar-refractivity contribution >= 4 is 5.69 Å². The van der Waals surface area contributed by atoms with Crippen molar-refractivity contribution < 1.29 is 0 Å². The summed E-state index contributed by atoms with van der Waals surface area (Å²) in [5.74, 6) is 0.917. The second-order valence-electron chi connectivity index (χ2n) is 6.68. The molecule has 2 heteroatoms. The van der Waals surface area contributed by atoms with Crippen molar-refractivity contribution in [3.63, 3.8) is 0 Å². The molecule has 0 aromatic heterocycles. The van der Waals surface area contributed by atoms with Gasteiger partial charge in [-0.25, -0.2) is 0 Å². The molecule has 1 aliphatic heterocycles. The van der Waals surface area contributed by atoms with E-state index in [-0.39, 0.29) is 0 Å². The van der Waals surface area contributed by atoms with Crippen LogP contribution < -0.4 is 10.2 Å². The predicted molar refractivity (Wildman–Crippen MR) is 81.8 cm³/mol. The Labute approximate surface area is 117 Å². The van der Waals surface area contributed by atoms with Crippen LogP contribution in [0.4, 0.5) is 5.69 Å². The van der Waals surface area contributed by atoms with Gasteiger partial charge in [0.15, 0.2) is 0 Å². The molecule has 1 unspecified atom stereocenters. The number of hydrogen-bond acceptors (Lipinski definition) is 2. The van der Waals surface area contributed by atoms with Gasteiger partial charge in [-0.05, 0) is 69.2 Å². The molecule has 0 amide bonds. The van der Waals surface area contributed by atoms with Gasteiger partial charge in [0.05, 0.1) is 0 Å². The molecule has 0 radical (unpaired) electrons. The zero-order chi connectivity index (χ0) is 13.5. The van der Waals surface area contributed by atoms with E-state index >= 15 is 0 Å². The predicted octanol–water partition coefficient (Wildman–Crippen LogP) is 3.13. The zero-order valence-corrected chi connectivity index (χ0v) is 12.5. The number of rotatable bonds is 3. The summed E-state index contributed by atoms with van der Waals surface area (Å²) in [6, 6.07) is 6.80. The van der Waals surface area contributed by atoms with Crippen molar-refractivity contribution in [2.45, 2.75) is 33.1 Å². The fraction of sp³-hybridized carbons (Fsp3) is 0.647. The summed E-state index contributed by atoms with van der Waals surface area (Å²) in [5.41, 5.74) is 4.86. The van der Waals surface area contributed by atoms with Crippen molar-refractivity contribution in [1.82, 2.24) is 5.32 Å². The Balaban J connectivity index is 1.64. The Morgan fingerprint density at radius 2 is 2.00 bits per heavy atom. The number of piperidine rings is 1. The van der Waals surface area contributed by atoms with E-state index in [4.69, 9.17) is 0 Å². The van der Waals surface area contributed by atoms with Crippen LogP contribution in [0.1, 0.15) is 30.4 Å². The summed E-state index contributed by atoms with van der Waals surface area (Å²) in [7, 11) is 2.25. The van der Waals surface area contributed by atoms with Crippen LogP contribution >= 0.6 is 0 Å². The highest BCUT2D eigenvalue weighted by atomic mass is 15.1. The van der Waals surface area contributed by atoms with Crippen LogP contribution in [-0.4, -0.2) is 26.7 Å². The SMILES string of the molecule is Cc1ccc(N(C)CC2CC23CCNCC3)c(C)c1. The summed E-state index contributed by atoms with van der Waals surface area (Å²) in [4.78, 5) is 2.47. The molecule has 0 bridgehead atoms. The molecule has 1 aromatic rings. The molecule has 1 aromatic carbocycles. The molecule has 3 rings (SSSR count). The van der Waals surface area contributed by atoms with Crippen molar-refractivity contribution in [3.05, 3.63) is 29.3 Å². The lowest BCUT2D eigenvalue weighted by atomic mass is 9.92. The van der Waals surface area contributed by atoms with Gasteiger partial charge in [0.1, 0.15) is 0 Å². The topological polar surface area (TPSA) is 15.3 Å². The Morgan fingerprint density at radius 1 is 1.26 bits per heavy atom. The number of benzene rings is 1. The zero-order valence-electron chi connectivity index (χ0n) is 12.5. The van der Waals surface area contributed by atoms with E-state index < -0.39 is 0 Å². The smallest absolute Gasteiger partial charge is 0.0393 e. The number of anilines is 1. The molecule has 2 nitrogen and oxygen atoms in total. The fourth-order valence-corrected chi connectivity index (χ4v) is 3.89. The maximum absolute atomic E-state index is 3.49. The van der Waals surface area contributed by atoms with E-state index in [9.17, 15) is 0 Å². The average Bonchev–Trinajstić information content (AvgIpc) is 3.01. The molecule has 2 aliphatic rings. The highest BCUT2D eigenvalue weighted by molar-refractivity contribution is 5.54. The van der Waals surface area contributed by atoms with Gasteiger partial charge in [0, 0.05) is 19.3 Å². The average molecular weight is 258 g/mol. The van der Waals surface area contributed by atoms with Gasteiger partial charge in [-0.15, -0.1) is 0 Å². The van der Waals surface area contributed by atoms with Crippen molar-refractivity contribution in [2.75, 3.05) is 31.6 Å². The lowest BCUT2D eigenvalue weighted by Crippen LogP contribution is -2.32. The maximum atomic E-state index is 3.49. The monoisotopic (exact) mass is 258 g/mol. The Hall–Kier alpha value is -1.02. The lowest BCUT2D eigenvalue weighted by Gasteiger charge is -2.27. The van der Waals surface area contributed by atoms with Crippen LogP contribution in [0, 0.1) is 25.2 Å². The first-order chi connectivity index (χ1) is 9.11. The highest BCUT2D eigenvalue weighted by Gasteiger charge is 2.53. The van der Waals surface area contributed by atoms with Gasteiger partial charge in [-0.1, -0.05) is 17.7 Å². The molecule has 1 spiro atoms. The minimum atomic E-state index is 0.693. The third-order valence-electron chi connectivity index (χ3n) is 5.22. The summed E-state index contributed by atoms with van der Waals surface area (Å²) >= 11 is 0. The van der Waals surface area contributed by atoms with Gasteiger partial charge in [-0.3, -0.25) is 0 Å². The lowest BCUT2D eigenvalue weighted by molar-refractivity contribution is 0.324. The molecule has 104 valence electrons. The largest absolute Gasteiger partial charge is 0.374 e. The third kappa shape index (κ3) is 2.51. The minimum Gasteiger partial charge on any atom is -0.374 e. The first-order valence-electron chi connectivity index (χ1n) is 7.60.